The smallest absolute Gasteiger partial charge is 0.249 e. The second-order valence-electron chi connectivity index (χ2n) is 9.97. The predicted octanol–water partition coefficient (Wildman–Crippen LogP) is 4.25. The number of hydrogen-bond donors (Lipinski definition) is 1. The van der Waals surface area contributed by atoms with Gasteiger partial charge in [-0.15, -0.1) is 5.10 Å². The number of aromatic nitrogens is 4. The number of hydrogen-bond acceptors (Lipinski definition) is 5. The average molecular weight is 497 g/mol. The van der Waals surface area contributed by atoms with Crippen molar-refractivity contribution in [1.82, 2.24) is 25.3 Å². The molecule has 1 N–H and O–H groups in total. The van der Waals surface area contributed by atoms with Crippen molar-refractivity contribution in [3.8, 4) is 0 Å². The van der Waals surface area contributed by atoms with Crippen molar-refractivity contribution in [2.75, 3.05) is 11.4 Å². The van der Waals surface area contributed by atoms with Crippen LogP contribution in [0.3, 0.4) is 0 Å². The number of nitrogens with zero attached hydrogens (tertiary/aromatic N) is 5. The van der Waals surface area contributed by atoms with Crippen molar-refractivity contribution in [3.05, 3.63) is 83.7 Å². The van der Waals surface area contributed by atoms with Gasteiger partial charge in [-0.25, -0.2) is 4.68 Å². The van der Waals surface area contributed by atoms with E-state index in [4.69, 9.17) is 0 Å². The Labute approximate surface area is 216 Å². The lowest BCUT2D eigenvalue weighted by molar-refractivity contribution is -0.127. The lowest BCUT2D eigenvalue weighted by Gasteiger charge is -2.32. The summed E-state index contributed by atoms with van der Waals surface area (Å²) >= 11 is 0. The molecule has 2 aromatic carbocycles. The van der Waals surface area contributed by atoms with E-state index >= 15 is 0 Å². The third-order valence-corrected chi connectivity index (χ3v) is 6.86. The minimum atomic E-state index is -0.873. The summed E-state index contributed by atoms with van der Waals surface area (Å²) in [5.41, 5.74) is 5.37. The number of nitrogens with one attached hydrogen (secondary N) is 1. The summed E-state index contributed by atoms with van der Waals surface area (Å²) in [7, 11) is 0. The van der Waals surface area contributed by atoms with Gasteiger partial charge in [0.2, 0.25) is 11.8 Å². The Hall–Kier alpha value is -4.07. The third kappa shape index (κ3) is 5.38. The van der Waals surface area contributed by atoms with Gasteiger partial charge < -0.3 is 5.32 Å². The molecule has 190 valence electrons. The molecule has 1 aliphatic carbocycles. The molecular formula is C29H32N6O2. The summed E-state index contributed by atoms with van der Waals surface area (Å²) in [5.74, 6) is -0.0282. The molecular weight excluding hydrogens is 464 g/mol. The van der Waals surface area contributed by atoms with Gasteiger partial charge in [0, 0.05) is 30.2 Å². The van der Waals surface area contributed by atoms with Gasteiger partial charge >= 0.3 is 0 Å². The van der Waals surface area contributed by atoms with E-state index in [-0.39, 0.29) is 18.4 Å². The van der Waals surface area contributed by atoms with Crippen LogP contribution in [0.5, 0.6) is 0 Å². The number of amides is 2. The Balaban J connectivity index is 1.55. The predicted molar refractivity (Wildman–Crippen MR) is 143 cm³/mol. The van der Waals surface area contributed by atoms with Gasteiger partial charge in [-0.1, -0.05) is 43.3 Å². The van der Waals surface area contributed by atoms with Crippen LogP contribution in [0, 0.1) is 5.92 Å². The minimum absolute atomic E-state index is 0.0480. The van der Waals surface area contributed by atoms with Crippen LogP contribution in [-0.2, 0) is 29.0 Å². The SMILES string of the molecule is CC(C)CCNC(=O)[C@@H](c1cccnc1)N(C(=O)Cn1nnc2ccccc21)c1ccc2c(c1)CCC2. The van der Waals surface area contributed by atoms with Gasteiger partial charge in [0.25, 0.3) is 0 Å². The molecule has 1 aliphatic rings. The van der Waals surface area contributed by atoms with Crippen LogP contribution in [0.2, 0.25) is 0 Å². The number of pyridine rings is 1. The van der Waals surface area contributed by atoms with E-state index in [2.05, 4.69) is 46.6 Å². The van der Waals surface area contributed by atoms with Gasteiger partial charge in [0.05, 0.1) is 5.52 Å². The lowest BCUT2D eigenvalue weighted by atomic mass is 10.0. The molecule has 2 heterocycles. The Bertz CT molecular complexity index is 1400. The summed E-state index contributed by atoms with van der Waals surface area (Å²) in [6.07, 6.45) is 7.28. The third-order valence-electron chi connectivity index (χ3n) is 6.86. The average Bonchev–Trinajstić information content (AvgIpc) is 3.54. The monoisotopic (exact) mass is 496 g/mol. The first-order chi connectivity index (χ1) is 18.0. The molecule has 0 saturated carbocycles. The molecule has 5 rings (SSSR count). The van der Waals surface area contributed by atoms with Crippen LogP contribution in [0.4, 0.5) is 5.69 Å². The van der Waals surface area contributed by atoms with Crippen molar-refractivity contribution >= 4 is 28.5 Å². The van der Waals surface area contributed by atoms with E-state index in [1.807, 2.05) is 36.4 Å². The Morgan fingerprint density at radius 3 is 2.70 bits per heavy atom. The topological polar surface area (TPSA) is 93.0 Å². The maximum atomic E-state index is 14.1. The van der Waals surface area contributed by atoms with E-state index in [0.717, 1.165) is 36.7 Å². The van der Waals surface area contributed by atoms with E-state index in [1.165, 1.54) is 11.1 Å². The standard InChI is InChI=1S/C29H32N6O2/c1-20(2)14-16-31-29(37)28(23-9-6-15-30-18-23)35(24-13-12-21-7-5-8-22(21)17-24)27(36)19-34-26-11-4-3-10-25(26)32-33-34/h3-4,6,9-13,15,17-18,20,28H,5,7-8,14,16,19H2,1-2H3,(H,31,37)/t28-/m1/s1. The van der Waals surface area contributed by atoms with Crippen LogP contribution in [0.15, 0.2) is 67.0 Å². The molecule has 37 heavy (non-hydrogen) atoms. The molecule has 0 fully saturated rings. The summed E-state index contributed by atoms with van der Waals surface area (Å²) in [6, 6.07) is 16.4. The molecule has 2 aromatic heterocycles. The normalized spacial score (nSPS) is 13.5. The fraction of sp³-hybridized carbons (Fsp3) is 0.345. The Kier molecular flexibility index (Phi) is 7.25. The fourth-order valence-electron chi connectivity index (χ4n) is 4.92. The van der Waals surface area contributed by atoms with Crippen LogP contribution >= 0.6 is 0 Å². The van der Waals surface area contributed by atoms with E-state index in [1.54, 1.807) is 28.0 Å². The second kappa shape index (κ2) is 10.9. The van der Waals surface area contributed by atoms with Crippen LogP contribution in [0.1, 0.15) is 49.4 Å². The fourth-order valence-corrected chi connectivity index (χ4v) is 4.92. The number of carbonyl (C=O) groups excluding carboxylic acids is 2. The summed E-state index contributed by atoms with van der Waals surface area (Å²) in [5, 5.41) is 11.5. The number of anilines is 1. The first-order valence-corrected chi connectivity index (χ1v) is 12.9. The van der Waals surface area contributed by atoms with E-state index < -0.39 is 6.04 Å². The highest BCUT2D eigenvalue weighted by molar-refractivity contribution is 6.01. The summed E-state index contributed by atoms with van der Waals surface area (Å²) in [4.78, 5) is 33.7. The number of fused-ring (bicyclic) bond motifs is 2. The molecule has 0 bridgehead atoms. The first kappa shape index (κ1) is 24.6. The van der Waals surface area contributed by atoms with Gasteiger partial charge in [-0.3, -0.25) is 19.5 Å². The van der Waals surface area contributed by atoms with Crippen molar-refractivity contribution in [2.24, 2.45) is 5.92 Å². The van der Waals surface area contributed by atoms with Gasteiger partial charge in [0.15, 0.2) is 0 Å². The zero-order valence-electron chi connectivity index (χ0n) is 21.3. The quantitative estimate of drug-likeness (QED) is 0.374. The van der Waals surface area contributed by atoms with Crippen molar-refractivity contribution in [1.29, 1.82) is 0 Å². The number of benzene rings is 2. The molecule has 0 aliphatic heterocycles. The number of para-hydroxylation sites is 1. The number of carbonyl (C=O) groups is 2. The second-order valence-corrected chi connectivity index (χ2v) is 9.97. The Morgan fingerprint density at radius 2 is 1.89 bits per heavy atom. The van der Waals surface area contributed by atoms with Crippen molar-refractivity contribution < 1.29 is 9.59 Å². The molecule has 2 amide bonds. The van der Waals surface area contributed by atoms with Gasteiger partial charge in [-0.2, -0.15) is 0 Å². The van der Waals surface area contributed by atoms with Gasteiger partial charge in [0.1, 0.15) is 18.1 Å². The minimum Gasteiger partial charge on any atom is -0.354 e. The maximum Gasteiger partial charge on any atom is 0.249 e. The van der Waals surface area contributed by atoms with Crippen LogP contribution in [0.25, 0.3) is 11.0 Å². The first-order valence-electron chi connectivity index (χ1n) is 12.9. The number of aryl methyl sites for hydroxylation is 2. The molecule has 1 atom stereocenters. The van der Waals surface area contributed by atoms with Crippen LogP contribution in [-0.4, -0.2) is 38.3 Å². The highest BCUT2D eigenvalue weighted by Crippen LogP contribution is 2.32. The molecule has 8 heteroatoms. The summed E-state index contributed by atoms with van der Waals surface area (Å²) < 4.78 is 1.59. The summed E-state index contributed by atoms with van der Waals surface area (Å²) in [6.45, 7) is 4.72. The van der Waals surface area contributed by atoms with Gasteiger partial charge in [-0.05, 0) is 73.1 Å². The molecule has 0 saturated heterocycles. The zero-order chi connectivity index (χ0) is 25.8. The Morgan fingerprint density at radius 1 is 1.05 bits per heavy atom. The molecule has 8 nitrogen and oxygen atoms in total. The zero-order valence-corrected chi connectivity index (χ0v) is 21.3. The lowest BCUT2D eigenvalue weighted by Crippen LogP contribution is -2.45. The van der Waals surface area contributed by atoms with Crippen molar-refractivity contribution in [2.45, 2.75) is 52.1 Å². The molecule has 0 spiro atoms. The molecule has 4 aromatic rings. The molecule has 0 unspecified atom stereocenters. The molecule has 0 radical (unpaired) electrons. The van der Waals surface area contributed by atoms with Crippen molar-refractivity contribution in [3.63, 3.8) is 0 Å². The highest BCUT2D eigenvalue weighted by Gasteiger charge is 2.34. The maximum absolute atomic E-state index is 14.1. The number of rotatable bonds is 9. The van der Waals surface area contributed by atoms with E-state index in [9.17, 15) is 9.59 Å². The van der Waals surface area contributed by atoms with E-state index in [0.29, 0.717) is 23.7 Å². The highest BCUT2D eigenvalue weighted by atomic mass is 16.2. The largest absolute Gasteiger partial charge is 0.354 e. The van der Waals surface area contributed by atoms with Crippen LogP contribution < -0.4 is 10.2 Å².